The lowest BCUT2D eigenvalue weighted by Gasteiger charge is -2.17. The number of hydrogen-bond acceptors (Lipinski definition) is 3. The van der Waals surface area contributed by atoms with Crippen LogP contribution in [0.3, 0.4) is 0 Å². The number of benzene rings is 1. The van der Waals surface area contributed by atoms with E-state index in [9.17, 15) is 0 Å². The second kappa shape index (κ2) is 11.7. The van der Waals surface area contributed by atoms with Crippen LogP contribution in [0.25, 0.3) is 0 Å². The van der Waals surface area contributed by atoms with E-state index >= 15 is 0 Å². The van der Waals surface area contributed by atoms with Crippen LogP contribution < -0.4 is 15.4 Å². The summed E-state index contributed by atoms with van der Waals surface area (Å²) < 4.78 is 5.39. The normalized spacial score (nSPS) is 11.7. The Kier molecular flexibility index (Phi) is 9.92. The van der Waals surface area contributed by atoms with Gasteiger partial charge in [-0.25, -0.2) is 0 Å². The van der Waals surface area contributed by atoms with Crippen molar-refractivity contribution in [2.75, 3.05) is 46.4 Å². The number of aliphatic imine (C=N–C) groups is 1. The maximum absolute atomic E-state index is 5.39. The first kappa shape index (κ1) is 20.3. The van der Waals surface area contributed by atoms with Crippen LogP contribution >= 0.6 is 0 Å². The number of rotatable bonds is 10. The predicted octanol–water partition coefficient (Wildman–Crippen LogP) is 2.44. The van der Waals surface area contributed by atoms with Crippen LogP contribution in [-0.2, 0) is 6.42 Å². The summed E-state index contributed by atoms with van der Waals surface area (Å²) in [7, 11) is 1.72. The van der Waals surface area contributed by atoms with E-state index in [4.69, 9.17) is 4.74 Å². The molecule has 0 aliphatic carbocycles. The molecule has 0 fully saturated rings. The number of methoxy groups -OCH3 is 1. The SMILES string of the molecule is CCNC(=NCCN(CC)CC)NCCc1ccc(C)c(OC)c1. The standard InChI is InChI=1S/C19H34N4O/c1-6-20-19(22-13-14-23(7-2)8-3)21-12-11-17-10-9-16(4)18(15-17)24-5/h9-10,15H,6-8,11-14H2,1-5H3,(H2,20,21,22). The molecular weight excluding hydrogens is 300 g/mol. The number of nitrogens with one attached hydrogen (secondary N) is 2. The maximum atomic E-state index is 5.39. The molecule has 5 heteroatoms. The molecule has 1 aromatic rings. The fourth-order valence-corrected chi connectivity index (χ4v) is 2.53. The van der Waals surface area contributed by atoms with E-state index in [0.29, 0.717) is 0 Å². The van der Waals surface area contributed by atoms with E-state index in [1.54, 1.807) is 7.11 Å². The summed E-state index contributed by atoms with van der Waals surface area (Å²) in [6.45, 7) is 14.2. The van der Waals surface area contributed by atoms with Crippen LogP contribution in [0, 0.1) is 6.92 Å². The third-order valence-electron chi connectivity index (χ3n) is 4.10. The third-order valence-corrected chi connectivity index (χ3v) is 4.10. The van der Waals surface area contributed by atoms with Gasteiger partial charge < -0.3 is 20.3 Å². The van der Waals surface area contributed by atoms with Gasteiger partial charge in [0.1, 0.15) is 5.75 Å². The van der Waals surface area contributed by atoms with Crippen molar-refractivity contribution >= 4 is 5.96 Å². The maximum Gasteiger partial charge on any atom is 0.191 e. The summed E-state index contributed by atoms with van der Waals surface area (Å²) in [6, 6.07) is 6.38. The summed E-state index contributed by atoms with van der Waals surface area (Å²) in [5, 5.41) is 6.72. The van der Waals surface area contributed by atoms with Gasteiger partial charge in [0, 0.05) is 19.6 Å². The van der Waals surface area contributed by atoms with Crippen LogP contribution in [0.15, 0.2) is 23.2 Å². The number of aryl methyl sites for hydroxylation is 1. The molecule has 0 aliphatic heterocycles. The molecule has 1 rings (SSSR count). The van der Waals surface area contributed by atoms with Crippen molar-refractivity contribution in [3.8, 4) is 5.75 Å². The topological polar surface area (TPSA) is 48.9 Å². The molecule has 5 nitrogen and oxygen atoms in total. The summed E-state index contributed by atoms with van der Waals surface area (Å²) >= 11 is 0. The molecule has 0 bridgehead atoms. The monoisotopic (exact) mass is 334 g/mol. The average Bonchev–Trinajstić information content (AvgIpc) is 2.60. The van der Waals surface area contributed by atoms with Crippen molar-refractivity contribution in [1.82, 2.24) is 15.5 Å². The summed E-state index contributed by atoms with van der Waals surface area (Å²) in [6.07, 6.45) is 0.942. The number of guanidine groups is 1. The summed E-state index contributed by atoms with van der Waals surface area (Å²) in [5.41, 5.74) is 2.43. The van der Waals surface area contributed by atoms with Crippen molar-refractivity contribution in [2.24, 2.45) is 4.99 Å². The Morgan fingerprint density at radius 3 is 2.54 bits per heavy atom. The fourth-order valence-electron chi connectivity index (χ4n) is 2.53. The second-order valence-electron chi connectivity index (χ2n) is 5.77. The van der Waals surface area contributed by atoms with Crippen molar-refractivity contribution in [1.29, 1.82) is 0 Å². The highest BCUT2D eigenvalue weighted by Crippen LogP contribution is 2.18. The quantitative estimate of drug-likeness (QED) is 0.510. The minimum absolute atomic E-state index is 0.815. The van der Waals surface area contributed by atoms with Crippen LogP contribution in [-0.4, -0.2) is 57.2 Å². The van der Waals surface area contributed by atoms with Gasteiger partial charge in [0.2, 0.25) is 0 Å². The molecule has 0 amide bonds. The first-order valence-electron chi connectivity index (χ1n) is 9.02. The number of likely N-dealkylation sites (N-methyl/N-ethyl adjacent to an activating group) is 1. The minimum Gasteiger partial charge on any atom is -0.496 e. The van der Waals surface area contributed by atoms with Crippen LogP contribution in [0.2, 0.25) is 0 Å². The van der Waals surface area contributed by atoms with Crippen LogP contribution in [0.5, 0.6) is 5.75 Å². The Hall–Kier alpha value is -1.75. The van der Waals surface area contributed by atoms with Gasteiger partial charge in [-0.15, -0.1) is 0 Å². The number of nitrogens with zero attached hydrogens (tertiary/aromatic N) is 2. The lowest BCUT2D eigenvalue weighted by Crippen LogP contribution is -2.39. The van der Waals surface area contributed by atoms with E-state index in [1.165, 1.54) is 11.1 Å². The zero-order chi connectivity index (χ0) is 17.8. The molecule has 0 saturated carbocycles. The highest BCUT2D eigenvalue weighted by molar-refractivity contribution is 5.79. The molecule has 0 spiro atoms. The molecule has 0 heterocycles. The van der Waals surface area contributed by atoms with Crippen molar-refractivity contribution in [2.45, 2.75) is 34.1 Å². The molecule has 1 aromatic carbocycles. The Morgan fingerprint density at radius 2 is 1.92 bits per heavy atom. The third kappa shape index (κ3) is 7.21. The first-order valence-corrected chi connectivity index (χ1v) is 9.02. The van der Waals surface area contributed by atoms with Gasteiger partial charge in [-0.1, -0.05) is 26.0 Å². The molecule has 0 aliphatic rings. The largest absolute Gasteiger partial charge is 0.496 e. The number of hydrogen-bond donors (Lipinski definition) is 2. The Labute approximate surface area is 147 Å². The van der Waals surface area contributed by atoms with Gasteiger partial charge in [0.05, 0.1) is 13.7 Å². The van der Waals surface area contributed by atoms with Gasteiger partial charge in [-0.3, -0.25) is 4.99 Å². The van der Waals surface area contributed by atoms with Crippen LogP contribution in [0.1, 0.15) is 31.9 Å². The molecular formula is C19H34N4O. The van der Waals surface area contributed by atoms with Gasteiger partial charge in [-0.2, -0.15) is 0 Å². The molecule has 2 N–H and O–H groups in total. The van der Waals surface area contributed by atoms with E-state index in [1.807, 2.05) is 0 Å². The second-order valence-corrected chi connectivity index (χ2v) is 5.77. The minimum atomic E-state index is 0.815. The molecule has 0 unspecified atom stereocenters. The smallest absolute Gasteiger partial charge is 0.191 e. The molecule has 136 valence electrons. The highest BCUT2D eigenvalue weighted by atomic mass is 16.5. The molecule has 24 heavy (non-hydrogen) atoms. The molecule has 0 saturated heterocycles. The van der Waals surface area contributed by atoms with Gasteiger partial charge >= 0.3 is 0 Å². The van der Waals surface area contributed by atoms with E-state index in [0.717, 1.165) is 57.4 Å². The predicted molar refractivity (Wildman–Crippen MR) is 103 cm³/mol. The zero-order valence-corrected chi connectivity index (χ0v) is 16.0. The lowest BCUT2D eigenvalue weighted by molar-refractivity contribution is 0.313. The lowest BCUT2D eigenvalue weighted by atomic mass is 10.1. The van der Waals surface area contributed by atoms with Crippen molar-refractivity contribution < 1.29 is 4.74 Å². The first-order chi connectivity index (χ1) is 11.6. The van der Waals surface area contributed by atoms with Gasteiger partial charge in [0.25, 0.3) is 0 Å². The van der Waals surface area contributed by atoms with Crippen molar-refractivity contribution in [3.05, 3.63) is 29.3 Å². The average molecular weight is 335 g/mol. The molecule has 0 atom stereocenters. The molecule has 0 radical (unpaired) electrons. The van der Waals surface area contributed by atoms with E-state index in [-0.39, 0.29) is 0 Å². The number of ether oxygens (including phenoxy) is 1. The highest BCUT2D eigenvalue weighted by Gasteiger charge is 2.02. The fraction of sp³-hybridized carbons (Fsp3) is 0.632. The van der Waals surface area contributed by atoms with Crippen LogP contribution in [0.4, 0.5) is 0 Å². The Bertz CT molecular complexity index is 498. The van der Waals surface area contributed by atoms with Gasteiger partial charge in [0.15, 0.2) is 5.96 Å². The van der Waals surface area contributed by atoms with E-state index < -0.39 is 0 Å². The van der Waals surface area contributed by atoms with Gasteiger partial charge in [-0.05, 0) is 50.6 Å². The van der Waals surface area contributed by atoms with Crippen molar-refractivity contribution in [3.63, 3.8) is 0 Å². The summed E-state index contributed by atoms with van der Waals surface area (Å²) in [4.78, 5) is 7.04. The van der Waals surface area contributed by atoms with E-state index in [2.05, 4.69) is 66.4 Å². The Balaban J connectivity index is 2.48. The molecule has 0 aromatic heterocycles. The zero-order valence-electron chi connectivity index (χ0n) is 16.0. The summed E-state index contributed by atoms with van der Waals surface area (Å²) in [5.74, 6) is 1.84. The Morgan fingerprint density at radius 1 is 1.17 bits per heavy atom.